The molecule has 1 radical (unpaired) electrons. The molecular weight excluding hydrogens is 140 g/mol. The number of hydrogen-bond acceptors (Lipinski definition) is 2. The van der Waals surface area contributed by atoms with E-state index in [-0.39, 0.29) is 6.23 Å². The van der Waals surface area contributed by atoms with Crippen molar-refractivity contribution in [2.45, 2.75) is 13.2 Å². The fourth-order valence-electron chi connectivity index (χ4n) is 0.669. The Morgan fingerprint density at radius 3 is 2.91 bits per heavy atom. The van der Waals surface area contributed by atoms with Crippen molar-refractivity contribution in [1.82, 2.24) is 10.3 Å². The lowest BCUT2D eigenvalue weighted by atomic mass is 10.4. The highest BCUT2D eigenvalue weighted by Crippen LogP contribution is 2.02. The van der Waals surface area contributed by atoms with Crippen molar-refractivity contribution in [2.75, 3.05) is 7.11 Å². The van der Waals surface area contributed by atoms with Crippen LogP contribution >= 0.6 is 0 Å². The van der Waals surface area contributed by atoms with Crippen molar-refractivity contribution in [3.63, 3.8) is 0 Å². The highest BCUT2D eigenvalue weighted by Gasteiger charge is 2.00. The van der Waals surface area contributed by atoms with Gasteiger partial charge in [-0.1, -0.05) is 6.07 Å². The summed E-state index contributed by atoms with van der Waals surface area (Å²) in [6, 6.07) is 5.60. The standard InChI is InChI=1S/C8H11N2O/c1-7(11-2)10-8-5-3-4-6-9-8/h3-7H,1-2H3. The fraction of sp³-hybridized carbons (Fsp3) is 0.375. The minimum absolute atomic E-state index is 0.120. The largest absolute Gasteiger partial charge is 0.360 e. The van der Waals surface area contributed by atoms with Crippen LogP contribution in [0.15, 0.2) is 24.4 Å². The van der Waals surface area contributed by atoms with Gasteiger partial charge in [0.25, 0.3) is 0 Å². The summed E-state index contributed by atoms with van der Waals surface area (Å²) in [5, 5.41) is 4.14. The first-order valence-corrected chi connectivity index (χ1v) is 3.47. The fourth-order valence-corrected chi connectivity index (χ4v) is 0.669. The summed E-state index contributed by atoms with van der Waals surface area (Å²) in [7, 11) is 1.62. The van der Waals surface area contributed by atoms with Crippen LogP contribution in [-0.2, 0) is 4.74 Å². The van der Waals surface area contributed by atoms with E-state index in [1.165, 1.54) is 0 Å². The maximum atomic E-state index is 4.95. The van der Waals surface area contributed by atoms with E-state index in [4.69, 9.17) is 4.74 Å². The van der Waals surface area contributed by atoms with E-state index in [9.17, 15) is 0 Å². The summed E-state index contributed by atoms with van der Waals surface area (Å²) >= 11 is 0. The van der Waals surface area contributed by atoms with Gasteiger partial charge in [0.1, 0.15) is 12.0 Å². The second-order valence-corrected chi connectivity index (χ2v) is 2.15. The molecule has 0 saturated carbocycles. The zero-order valence-electron chi connectivity index (χ0n) is 6.69. The summed E-state index contributed by atoms with van der Waals surface area (Å²) in [6.45, 7) is 1.87. The molecule has 0 aromatic carbocycles. The quantitative estimate of drug-likeness (QED) is 0.653. The lowest BCUT2D eigenvalue weighted by Crippen LogP contribution is -2.16. The van der Waals surface area contributed by atoms with Crippen LogP contribution in [0, 0.1) is 0 Å². The van der Waals surface area contributed by atoms with Gasteiger partial charge >= 0.3 is 0 Å². The van der Waals surface area contributed by atoms with Crippen LogP contribution in [0.4, 0.5) is 5.82 Å². The van der Waals surface area contributed by atoms with Crippen molar-refractivity contribution in [3.05, 3.63) is 24.4 Å². The molecule has 1 atom stereocenters. The zero-order valence-corrected chi connectivity index (χ0v) is 6.69. The third-order valence-corrected chi connectivity index (χ3v) is 1.30. The average molecular weight is 151 g/mol. The van der Waals surface area contributed by atoms with Crippen LogP contribution in [0.2, 0.25) is 0 Å². The highest BCUT2D eigenvalue weighted by atomic mass is 16.5. The SMILES string of the molecule is COC(C)[N]c1ccccn1. The van der Waals surface area contributed by atoms with Crippen molar-refractivity contribution >= 4 is 5.82 Å². The van der Waals surface area contributed by atoms with E-state index < -0.39 is 0 Å². The number of ether oxygens (including phenoxy) is 1. The van der Waals surface area contributed by atoms with E-state index in [1.807, 2.05) is 25.1 Å². The van der Waals surface area contributed by atoms with Crippen LogP contribution in [0.1, 0.15) is 6.92 Å². The van der Waals surface area contributed by atoms with Crippen molar-refractivity contribution < 1.29 is 4.74 Å². The van der Waals surface area contributed by atoms with Crippen LogP contribution in [0.25, 0.3) is 0 Å². The number of hydrogen-bond donors (Lipinski definition) is 0. The number of nitrogens with zero attached hydrogens (tertiary/aromatic N) is 2. The molecule has 0 aliphatic carbocycles. The Balaban J connectivity index is 2.51. The third-order valence-electron chi connectivity index (χ3n) is 1.30. The molecule has 1 unspecified atom stereocenters. The Hall–Kier alpha value is -1.09. The number of methoxy groups -OCH3 is 1. The summed E-state index contributed by atoms with van der Waals surface area (Å²) in [6.07, 6.45) is 1.59. The first-order chi connectivity index (χ1) is 5.33. The van der Waals surface area contributed by atoms with Gasteiger partial charge < -0.3 is 4.74 Å². The molecule has 0 bridgehead atoms. The maximum absolute atomic E-state index is 4.95. The lowest BCUT2D eigenvalue weighted by Gasteiger charge is -2.07. The van der Waals surface area contributed by atoms with Crippen LogP contribution in [-0.4, -0.2) is 18.3 Å². The molecule has 0 amide bonds. The maximum Gasteiger partial charge on any atom is 0.149 e. The highest BCUT2D eigenvalue weighted by molar-refractivity contribution is 5.23. The normalized spacial score (nSPS) is 12.5. The van der Waals surface area contributed by atoms with E-state index in [2.05, 4.69) is 10.3 Å². The van der Waals surface area contributed by atoms with Gasteiger partial charge in [-0.15, -0.1) is 0 Å². The predicted octanol–water partition coefficient (Wildman–Crippen LogP) is 1.31. The molecule has 3 heteroatoms. The molecule has 59 valence electrons. The minimum Gasteiger partial charge on any atom is -0.360 e. The third kappa shape index (κ3) is 2.55. The zero-order chi connectivity index (χ0) is 8.10. The second-order valence-electron chi connectivity index (χ2n) is 2.15. The molecule has 1 rings (SSSR count). The lowest BCUT2D eigenvalue weighted by molar-refractivity contribution is 0.0998. The smallest absolute Gasteiger partial charge is 0.149 e. The van der Waals surface area contributed by atoms with Gasteiger partial charge in [-0.25, -0.2) is 10.3 Å². The van der Waals surface area contributed by atoms with Gasteiger partial charge in [0.2, 0.25) is 0 Å². The summed E-state index contributed by atoms with van der Waals surface area (Å²) in [5.74, 6) is 0.710. The van der Waals surface area contributed by atoms with Gasteiger partial charge in [0.15, 0.2) is 0 Å². The molecule has 1 aromatic rings. The molecule has 0 aliphatic rings. The topological polar surface area (TPSA) is 36.2 Å². The van der Waals surface area contributed by atoms with Crippen LogP contribution in [0.5, 0.6) is 0 Å². The Labute approximate surface area is 66.4 Å². The molecule has 0 saturated heterocycles. The summed E-state index contributed by atoms with van der Waals surface area (Å²) in [4.78, 5) is 4.02. The van der Waals surface area contributed by atoms with Crippen LogP contribution < -0.4 is 5.32 Å². The van der Waals surface area contributed by atoms with Crippen molar-refractivity contribution in [1.29, 1.82) is 0 Å². The molecule has 1 aromatic heterocycles. The van der Waals surface area contributed by atoms with Gasteiger partial charge in [-0.05, 0) is 19.1 Å². The van der Waals surface area contributed by atoms with Gasteiger partial charge in [-0.3, -0.25) is 0 Å². The number of pyridine rings is 1. The Morgan fingerprint density at radius 1 is 1.55 bits per heavy atom. The minimum atomic E-state index is -0.120. The van der Waals surface area contributed by atoms with E-state index in [0.717, 1.165) is 0 Å². The van der Waals surface area contributed by atoms with Gasteiger partial charge in [0.05, 0.1) is 0 Å². The monoisotopic (exact) mass is 151 g/mol. The van der Waals surface area contributed by atoms with Gasteiger partial charge in [-0.2, -0.15) is 0 Å². The van der Waals surface area contributed by atoms with Crippen molar-refractivity contribution in [3.8, 4) is 0 Å². The molecule has 0 fully saturated rings. The molecular formula is C8H11N2O. The molecule has 0 N–H and O–H groups in total. The Bertz CT molecular complexity index is 201. The molecule has 0 spiro atoms. The second kappa shape index (κ2) is 3.93. The predicted molar refractivity (Wildman–Crippen MR) is 42.5 cm³/mol. The Morgan fingerprint density at radius 2 is 2.36 bits per heavy atom. The molecule has 0 aliphatic heterocycles. The number of aromatic nitrogens is 1. The van der Waals surface area contributed by atoms with Crippen LogP contribution in [0.3, 0.4) is 0 Å². The van der Waals surface area contributed by atoms with E-state index in [1.54, 1.807) is 13.3 Å². The molecule has 3 nitrogen and oxygen atoms in total. The number of rotatable bonds is 3. The first-order valence-electron chi connectivity index (χ1n) is 3.47. The molecule has 1 heterocycles. The van der Waals surface area contributed by atoms with Crippen molar-refractivity contribution in [2.24, 2.45) is 0 Å². The molecule has 11 heavy (non-hydrogen) atoms. The average Bonchev–Trinajstić information content (AvgIpc) is 2.06. The van der Waals surface area contributed by atoms with Gasteiger partial charge in [0, 0.05) is 13.3 Å². The summed E-state index contributed by atoms with van der Waals surface area (Å²) < 4.78 is 4.95. The summed E-state index contributed by atoms with van der Waals surface area (Å²) in [5.41, 5.74) is 0. The Kier molecular flexibility index (Phi) is 2.86. The van der Waals surface area contributed by atoms with E-state index >= 15 is 0 Å². The first kappa shape index (κ1) is 8.01. The van der Waals surface area contributed by atoms with E-state index in [0.29, 0.717) is 5.82 Å².